The van der Waals surface area contributed by atoms with Gasteiger partial charge in [-0.05, 0) is 131 Å². The zero-order valence-electron chi connectivity index (χ0n) is 36.1. The van der Waals surface area contributed by atoms with Crippen LogP contribution >= 0.6 is 0 Å². The van der Waals surface area contributed by atoms with Crippen molar-refractivity contribution in [2.45, 2.75) is 47.5 Å². The third kappa shape index (κ3) is 8.68. The smallest absolute Gasteiger partial charge is 0.00268 e. The summed E-state index contributed by atoms with van der Waals surface area (Å²) >= 11 is 0. The van der Waals surface area contributed by atoms with Crippen LogP contribution in [-0.4, -0.2) is 0 Å². The molecular weight excluding hydrogens is 733 g/mol. The standard InChI is InChI=1S/2C22H18.C15H12.C2H6/c1-16-10-12-19(13-11-16)22-20-8-4-2-6-17(20)14-15-18-7-3-5-9-21(18)22;1-2-16-11-13-17(14-12-16)22-20-9-5-3-7-18(20)15-19-8-4-6-10-21(19)22;1-11-10-12-6-2-3-8-14(12)15-9-5-4-7-13(11)15;1-2/h2-14H,15H2,1H3;3-15H,2H2,1H3;2-10H,1H3;1-2H3. The summed E-state index contributed by atoms with van der Waals surface area (Å²) in [5, 5.41) is 13.3. The highest BCUT2D eigenvalue weighted by molar-refractivity contribution is 6.12. The van der Waals surface area contributed by atoms with Gasteiger partial charge < -0.3 is 0 Å². The Kier molecular flexibility index (Phi) is 12.6. The first-order valence-corrected chi connectivity index (χ1v) is 21.9. The molecule has 0 saturated heterocycles. The summed E-state index contributed by atoms with van der Waals surface area (Å²) in [6.07, 6.45) is 4.41. The van der Waals surface area contributed by atoms with E-state index in [-0.39, 0.29) is 0 Å². The van der Waals surface area contributed by atoms with Gasteiger partial charge >= 0.3 is 0 Å². The van der Waals surface area contributed by atoms with E-state index in [0.717, 1.165) is 12.8 Å². The molecule has 0 amide bonds. The van der Waals surface area contributed by atoms with Crippen LogP contribution < -0.4 is 10.4 Å². The highest BCUT2D eigenvalue weighted by atomic mass is 14.2. The molecule has 11 rings (SSSR count). The molecule has 1 aliphatic rings. The Bertz CT molecular complexity index is 3170. The summed E-state index contributed by atoms with van der Waals surface area (Å²) in [7, 11) is 0. The molecule has 10 aromatic carbocycles. The van der Waals surface area contributed by atoms with Crippen LogP contribution in [0.3, 0.4) is 0 Å². The maximum atomic E-state index is 2.34. The zero-order chi connectivity index (χ0) is 42.1. The second-order valence-electron chi connectivity index (χ2n) is 15.6. The van der Waals surface area contributed by atoms with Crippen LogP contribution in [0.4, 0.5) is 0 Å². The van der Waals surface area contributed by atoms with Crippen LogP contribution in [0.15, 0.2) is 206 Å². The fraction of sp³-hybridized carbons (Fsp3) is 0.115. The maximum absolute atomic E-state index is 2.34. The van der Waals surface area contributed by atoms with Gasteiger partial charge in [-0.15, -0.1) is 0 Å². The zero-order valence-corrected chi connectivity index (χ0v) is 36.1. The third-order valence-corrected chi connectivity index (χ3v) is 11.8. The molecule has 0 nitrogen and oxygen atoms in total. The van der Waals surface area contributed by atoms with Gasteiger partial charge in [0, 0.05) is 0 Å². The van der Waals surface area contributed by atoms with Gasteiger partial charge in [-0.25, -0.2) is 0 Å². The van der Waals surface area contributed by atoms with E-state index in [1.165, 1.54) is 104 Å². The van der Waals surface area contributed by atoms with Crippen molar-refractivity contribution in [3.05, 3.63) is 250 Å². The first kappa shape index (κ1) is 40.7. The van der Waals surface area contributed by atoms with Gasteiger partial charge in [0.2, 0.25) is 0 Å². The predicted octanol–water partition coefficient (Wildman–Crippen LogP) is 15.1. The van der Waals surface area contributed by atoms with Gasteiger partial charge in [0.25, 0.3) is 0 Å². The van der Waals surface area contributed by atoms with Crippen LogP contribution in [0.2, 0.25) is 0 Å². The Morgan fingerprint density at radius 1 is 0.426 bits per heavy atom. The number of fused-ring (bicyclic) bond motifs is 7. The predicted molar refractivity (Wildman–Crippen MR) is 267 cm³/mol. The van der Waals surface area contributed by atoms with Gasteiger partial charge in [-0.3, -0.25) is 0 Å². The highest BCUT2D eigenvalue weighted by Crippen LogP contribution is 2.36. The molecule has 61 heavy (non-hydrogen) atoms. The lowest BCUT2D eigenvalue weighted by molar-refractivity contribution is 1.14. The number of benzene rings is 10. The average Bonchev–Trinajstić information content (AvgIpc) is 3.49. The van der Waals surface area contributed by atoms with Crippen molar-refractivity contribution < 1.29 is 0 Å². The van der Waals surface area contributed by atoms with Crippen LogP contribution in [0.1, 0.15) is 54.2 Å². The Morgan fingerprint density at radius 3 is 1.59 bits per heavy atom. The molecule has 0 atom stereocenters. The van der Waals surface area contributed by atoms with Gasteiger partial charge in [0.05, 0.1) is 0 Å². The molecule has 0 N–H and O–H groups in total. The van der Waals surface area contributed by atoms with Crippen molar-refractivity contribution in [2.24, 2.45) is 0 Å². The topological polar surface area (TPSA) is 0 Å². The Labute approximate surface area is 361 Å². The van der Waals surface area contributed by atoms with Gasteiger partial charge in [-0.2, -0.15) is 0 Å². The van der Waals surface area contributed by atoms with E-state index < -0.39 is 0 Å². The molecule has 0 radical (unpaired) electrons. The normalized spacial score (nSPS) is 11.5. The van der Waals surface area contributed by atoms with Gasteiger partial charge in [-0.1, -0.05) is 233 Å². The van der Waals surface area contributed by atoms with Gasteiger partial charge in [0.1, 0.15) is 0 Å². The van der Waals surface area contributed by atoms with Crippen molar-refractivity contribution in [2.75, 3.05) is 0 Å². The minimum absolute atomic E-state index is 0.989. The van der Waals surface area contributed by atoms with Crippen LogP contribution in [-0.2, 0) is 12.8 Å². The molecule has 0 unspecified atom stereocenters. The number of hydrogen-bond donors (Lipinski definition) is 0. The summed E-state index contributed by atoms with van der Waals surface area (Å²) < 4.78 is 0. The summed E-state index contributed by atoms with van der Waals surface area (Å²) in [5.41, 5.74) is 12.1. The minimum Gasteiger partial charge on any atom is -0.0722 e. The summed E-state index contributed by atoms with van der Waals surface area (Å²) in [6, 6.07) is 74.4. The molecule has 0 spiro atoms. The lowest BCUT2D eigenvalue weighted by Crippen LogP contribution is -2.26. The molecule has 298 valence electrons. The molecule has 0 heteroatoms. The molecule has 0 aliphatic heterocycles. The van der Waals surface area contributed by atoms with E-state index in [2.05, 4.69) is 233 Å². The van der Waals surface area contributed by atoms with E-state index in [1.807, 2.05) is 13.8 Å². The molecule has 0 heterocycles. The fourth-order valence-electron chi connectivity index (χ4n) is 8.71. The largest absolute Gasteiger partial charge is 0.0722 e. The molecular formula is C61H54. The van der Waals surface area contributed by atoms with E-state index in [9.17, 15) is 0 Å². The van der Waals surface area contributed by atoms with Crippen molar-refractivity contribution >= 4 is 54.7 Å². The lowest BCUT2D eigenvalue weighted by Gasteiger charge is -2.12. The van der Waals surface area contributed by atoms with Gasteiger partial charge in [0.15, 0.2) is 0 Å². The Hall–Kier alpha value is -7.02. The lowest BCUT2D eigenvalue weighted by atomic mass is 9.91. The van der Waals surface area contributed by atoms with Crippen LogP contribution in [0.5, 0.6) is 0 Å². The third-order valence-electron chi connectivity index (χ3n) is 11.8. The van der Waals surface area contributed by atoms with E-state index >= 15 is 0 Å². The van der Waals surface area contributed by atoms with E-state index in [1.54, 1.807) is 0 Å². The SMILES string of the molecule is CC.CCc1ccc(-c2c3ccccc3cc3ccccc23)cc1.Cc1cc2ccccc2c2ccccc12.Cc1ccc(C2=c3ccccc3=CCc3ccccc32)cc1. The Morgan fingerprint density at radius 2 is 0.934 bits per heavy atom. The van der Waals surface area contributed by atoms with Crippen molar-refractivity contribution in [3.63, 3.8) is 0 Å². The van der Waals surface area contributed by atoms with Crippen molar-refractivity contribution in [1.29, 1.82) is 0 Å². The number of aryl methyl sites for hydroxylation is 3. The summed E-state index contributed by atoms with van der Waals surface area (Å²) in [5.74, 6) is 0. The fourth-order valence-corrected chi connectivity index (χ4v) is 8.71. The second kappa shape index (κ2) is 18.9. The molecule has 0 saturated carbocycles. The van der Waals surface area contributed by atoms with Crippen molar-refractivity contribution in [1.82, 2.24) is 0 Å². The molecule has 0 fully saturated rings. The van der Waals surface area contributed by atoms with E-state index in [0.29, 0.717) is 0 Å². The summed E-state index contributed by atoms with van der Waals surface area (Å²) in [4.78, 5) is 0. The van der Waals surface area contributed by atoms with Crippen LogP contribution in [0.25, 0.3) is 65.9 Å². The molecule has 0 aromatic heterocycles. The second-order valence-corrected chi connectivity index (χ2v) is 15.6. The van der Waals surface area contributed by atoms with Crippen molar-refractivity contribution in [3.8, 4) is 11.1 Å². The minimum atomic E-state index is 0.989. The summed E-state index contributed by atoms with van der Waals surface area (Å²) in [6.45, 7) is 10.5. The molecule has 10 aromatic rings. The first-order chi connectivity index (χ1) is 30.1. The van der Waals surface area contributed by atoms with Crippen LogP contribution in [0, 0.1) is 13.8 Å². The average molecular weight is 787 g/mol. The van der Waals surface area contributed by atoms with E-state index in [4.69, 9.17) is 0 Å². The first-order valence-electron chi connectivity index (χ1n) is 21.9. The molecule has 1 aliphatic carbocycles. The quantitative estimate of drug-likeness (QED) is 0.124. The maximum Gasteiger partial charge on any atom is -0.00268 e. The highest BCUT2D eigenvalue weighted by Gasteiger charge is 2.13. The number of rotatable bonds is 3. The Balaban J connectivity index is 0.000000126. The number of hydrogen-bond acceptors (Lipinski definition) is 0. The monoisotopic (exact) mass is 786 g/mol. The molecule has 0 bridgehead atoms.